The van der Waals surface area contributed by atoms with Crippen LogP contribution in [0.1, 0.15) is 23.2 Å². The van der Waals surface area contributed by atoms with Gasteiger partial charge >= 0.3 is 0 Å². The molecule has 14 heteroatoms. The predicted octanol–water partition coefficient (Wildman–Crippen LogP) is 1.36. The van der Waals surface area contributed by atoms with Crippen LogP contribution in [0.15, 0.2) is 47.4 Å². The molecule has 0 atom stereocenters. The number of ether oxygens (including phenoxy) is 2. The van der Waals surface area contributed by atoms with E-state index in [1.807, 2.05) is 0 Å². The molecular weight excluding hydrogens is 548 g/mol. The maximum absolute atomic E-state index is 13.0. The predicted molar refractivity (Wildman–Crippen MR) is 145 cm³/mol. The number of carbonyl (C=O) groups excluding carboxylic acids is 2. The normalized spacial score (nSPS) is 16.6. The summed E-state index contributed by atoms with van der Waals surface area (Å²) in [7, 11) is -6.26. The molecule has 0 saturated carbocycles. The maximum atomic E-state index is 13.0. The standard InChI is InChI=1S/C25H32N4O8S2/c1-36-23-10-9-21(39(34,35)28-11-3-4-12-28)17-22(23)26-24(30)18-29(38(2,32)33)20-7-5-19(6-8-20)25(31)27-13-15-37-16-14-27/h5-10,17H,3-4,11-16,18H2,1-2H3,(H,26,30). The second kappa shape index (κ2) is 11.9. The lowest BCUT2D eigenvalue weighted by atomic mass is 10.1. The van der Waals surface area contributed by atoms with Gasteiger partial charge in [-0.1, -0.05) is 0 Å². The van der Waals surface area contributed by atoms with Gasteiger partial charge in [0.15, 0.2) is 0 Å². The molecule has 1 N–H and O–H groups in total. The average molecular weight is 581 g/mol. The number of rotatable bonds is 9. The first-order valence-electron chi connectivity index (χ1n) is 12.4. The molecule has 0 spiro atoms. The van der Waals surface area contributed by atoms with Crippen molar-refractivity contribution in [1.82, 2.24) is 9.21 Å². The first kappa shape index (κ1) is 28.8. The van der Waals surface area contributed by atoms with Crippen molar-refractivity contribution < 1.29 is 35.9 Å². The Hall–Kier alpha value is -3.20. The van der Waals surface area contributed by atoms with Gasteiger partial charge in [-0.15, -0.1) is 0 Å². The first-order valence-corrected chi connectivity index (χ1v) is 15.7. The Bertz CT molecular complexity index is 1420. The topological polar surface area (TPSA) is 143 Å². The van der Waals surface area contributed by atoms with E-state index >= 15 is 0 Å². The largest absolute Gasteiger partial charge is 0.495 e. The molecule has 2 heterocycles. The number of methoxy groups -OCH3 is 1. The van der Waals surface area contributed by atoms with E-state index in [9.17, 15) is 26.4 Å². The average Bonchev–Trinajstić information content (AvgIpc) is 3.47. The van der Waals surface area contributed by atoms with Crippen molar-refractivity contribution in [2.75, 3.05) is 68.9 Å². The number of carbonyl (C=O) groups is 2. The van der Waals surface area contributed by atoms with Crippen molar-refractivity contribution in [1.29, 1.82) is 0 Å². The van der Waals surface area contributed by atoms with Gasteiger partial charge in [-0.2, -0.15) is 4.31 Å². The van der Waals surface area contributed by atoms with E-state index in [1.54, 1.807) is 4.90 Å². The molecule has 2 aromatic carbocycles. The summed E-state index contributed by atoms with van der Waals surface area (Å²) in [6.45, 7) is 2.13. The van der Waals surface area contributed by atoms with Crippen molar-refractivity contribution in [2.45, 2.75) is 17.7 Å². The van der Waals surface area contributed by atoms with E-state index < -0.39 is 32.5 Å². The van der Waals surface area contributed by atoms with Crippen LogP contribution in [0.2, 0.25) is 0 Å². The van der Waals surface area contributed by atoms with Crippen LogP contribution >= 0.6 is 0 Å². The molecule has 0 bridgehead atoms. The molecule has 2 amide bonds. The molecular formula is C25H32N4O8S2. The van der Waals surface area contributed by atoms with Crippen LogP contribution in [0.5, 0.6) is 5.75 Å². The first-order chi connectivity index (χ1) is 18.5. The zero-order valence-electron chi connectivity index (χ0n) is 21.8. The quantitative estimate of drug-likeness (QED) is 0.469. The van der Waals surface area contributed by atoms with E-state index in [-0.39, 0.29) is 27.9 Å². The number of hydrogen-bond donors (Lipinski definition) is 1. The van der Waals surface area contributed by atoms with Gasteiger partial charge < -0.3 is 19.7 Å². The Morgan fingerprint density at radius 3 is 2.21 bits per heavy atom. The van der Waals surface area contributed by atoms with Gasteiger partial charge in [0.1, 0.15) is 12.3 Å². The van der Waals surface area contributed by atoms with Gasteiger partial charge in [-0.25, -0.2) is 16.8 Å². The van der Waals surface area contributed by atoms with E-state index in [4.69, 9.17) is 9.47 Å². The summed E-state index contributed by atoms with van der Waals surface area (Å²) in [5, 5.41) is 2.58. The third kappa shape index (κ3) is 6.69. The molecule has 0 aromatic heterocycles. The Morgan fingerprint density at radius 1 is 0.974 bits per heavy atom. The molecule has 12 nitrogen and oxygen atoms in total. The fourth-order valence-corrected chi connectivity index (χ4v) is 6.86. The van der Waals surface area contributed by atoms with Crippen molar-refractivity contribution in [3.05, 3.63) is 48.0 Å². The zero-order valence-corrected chi connectivity index (χ0v) is 23.5. The third-order valence-corrected chi connectivity index (χ3v) is 9.57. The Labute approximate surface area is 228 Å². The molecule has 0 unspecified atom stereocenters. The van der Waals surface area contributed by atoms with Crippen LogP contribution in [0.25, 0.3) is 0 Å². The van der Waals surface area contributed by atoms with Gasteiger partial charge in [-0.05, 0) is 55.3 Å². The molecule has 2 fully saturated rings. The number of sulfonamides is 2. The number of benzene rings is 2. The van der Waals surface area contributed by atoms with Crippen molar-refractivity contribution >= 4 is 43.2 Å². The minimum Gasteiger partial charge on any atom is -0.495 e. The van der Waals surface area contributed by atoms with Crippen LogP contribution in [0.3, 0.4) is 0 Å². The van der Waals surface area contributed by atoms with Crippen LogP contribution in [-0.4, -0.2) is 97.2 Å². The molecule has 2 aromatic rings. The van der Waals surface area contributed by atoms with Gasteiger partial charge in [-0.3, -0.25) is 13.9 Å². The number of anilines is 2. The highest BCUT2D eigenvalue weighted by Crippen LogP contribution is 2.30. The van der Waals surface area contributed by atoms with Crippen LogP contribution < -0.4 is 14.4 Å². The molecule has 4 rings (SSSR count). The second-order valence-corrected chi connectivity index (χ2v) is 13.1. The molecule has 2 aliphatic heterocycles. The molecule has 2 saturated heterocycles. The molecule has 2 aliphatic rings. The number of nitrogens with one attached hydrogen (secondary N) is 1. The highest BCUT2D eigenvalue weighted by molar-refractivity contribution is 7.92. The Morgan fingerprint density at radius 2 is 1.62 bits per heavy atom. The number of nitrogens with zero attached hydrogens (tertiary/aromatic N) is 3. The van der Waals surface area contributed by atoms with Crippen LogP contribution in [0, 0.1) is 0 Å². The summed E-state index contributed by atoms with van der Waals surface area (Å²) in [6, 6.07) is 10.1. The number of amides is 2. The fraction of sp³-hybridized carbons (Fsp3) is 0.440. The maximum Gasteiger partial charge on any atom is 0.254 e. The summed E-state index contributed by atoms with van der Waals surface area (Å²) in [5.74, 6) is -0.673. The smallest absolute Gasteiger partial charge is 0.254 e. The zero-order chi connectivity index (χ0) is 28.2. The lowest BCUT2D eigenvalue weighted by molar-refractivity contribution is -0.114. The third-order valence-electron chi connectivity index (χ3n) is 6.54. The Kier molecular flexibility index (Phi) is 8.79. The molecule has 39 heavy (non-hydrogen) atoms. The molecule has 212 valence electrons. The minimum atomic E-state index is -3.89. The Balaban J connectivity index is 1.52. The number of hydrogen-bond acceptors (Lipinski definition) is 8. The lowest BCUT2D eigenvalue weighted by Gasteiger charge is -2.27. The minimum absolute atomic E-state index is 0.000920. The van der Waals surface area contributed by atoms with E-state index in [1.165, 1.54) is 53.9 Å². The van der Waals surface area contributed by atoms with Crippen molar-refractivity contribution in [2.24, 2.45) is 0 Å². The van der Waals surface area contributed by atoms with E-state index in [0.29, 0.717) is 45.0 Å². The number of morpholine rings is 1. The van der Waals surface area contributed by atoms with E-state index in [0.717, 1.165) is 23.4 Å². The van der Waals surface area contributed by atoms with Gasteiger partial charge in [0.25, 0.3) is 5.91 Å². The summed E-state index contributed by atoms with van der Waals surface area (Å²) in [5.41, 5.74) is 0.686. The van der Waals surface area contributed by atoms with Gasteiger partial charge in [0.2, 0.25) is 26.0 Å². The van der Waals surface area contributed by atoms with Crippen LogP contribution in [0.4, 0.5) is 11.4 Å². The summed E-state index contributed by atoms with van der Waals surface area (Å²) in [4.78, 5) is 27.4. The van der Waals surface area contributed by atoms with Gasteiger partial charge in [0, 0.05) is 31.7 Å². The monoisotopic (exact) mass is 580 g/mol. The fourth-order valence-electron chi connectivity index (χ4n) is 4.46. The lowest BCUT2D eigenvalue weighted by Crippen LogP contribution is -2.40. The highest BCUT2D eigenvalue weighted by atomic mass is 32.2. The van der Waals surface area contributed by atoms with Gasteiger partial charge in [0.05, 0.1) is 42.8 Å². The van der Waals surface area contributed by atoms with Crippen LogP contribution in [-0.2, 0) is 29.6 Å². The van der Waals surface area contributed by atoms with E-state index in [2.05, 4.69) is 5.32 Å². The summed E-state index contributed by atoms with van der Waals surface area (Å²) in [6.07, 6.45) is 2.53. The molecule has 0 radical (unpaired) electrons. The SMILES string of the molecule is COc1ccc(S(=O)(=O)N2CCCC2)cc1NC(=O)CN(c1ccc(C(=O)N2CCOCC2)cc1)S(C)(=O)=O. The summed E-state index contributed by atoms with van der Waals surface area (Å²) >= 11 is 0. The van der Waals surface area contributed by atoms with Crippen molar-refractivity contribution in [3.8, 4) is 5.75 Å². The second-order valence-electron chi connectivity index (χ2n) is 9.24. The van der Waals surface area contributed by atoms with Crippen molar-refractivity contribution in [3.63, 3.8) is 0 Å². The molecule has 0 aliphatic carbocycles. The highest BCUT2D eigenvalue weighted by Gasteiger charge is 2.29. The summed E-state index contributed by atoms with van der Waals surface area (Å²) < 4.78 is 64.0.